The predicted octanol–water partition coefficient (Wildman–Crippen LogP) is 3.54. The van der Waals surface area contributed by atoms with Crippen LogP contribution >= 0.6 is 11.6 Å². The maximum absolute atomic E-state index is 13.8. The lowest BCUT2D eigenvalue weighted by molar-refractivity contribution is 0.0936. The summed E-state index contributed by atoms with van der Waals surface area (Å²) in [5.41, 5.74) is 1.57. The Morgan fingerprint density at radius 1 is 1.43 bits per heavy atom. The molecule has 0 bridgehead atoms. The molecule has 5 heteroatoms. The van der Waals surface area contributed by atoms with Crippen LogP contribution < -0.4 is 5.32 Å². The Morgan fingerprint density at radius 3 is 2.86 bits per heavy atom. The Morgan fingerprint density at radius 2 is 2.19 bits per heavy atom. The summed E-state index contributed by atoms with van der Waals surface area (Å²) >= 11 is 6.03. The van der Waals surface area contributed by atoms with Crippen LogP contribution in [0.3, 0.4) is 0 Å². The van der Waals surface area contributed by atoms with Crippen molar-refractivity contribution in [2.75, 3.05) is 0 Å². The Bertz CT molecular complexity index is 646. The first kappa shape index (κ1) is 15.4. The molecule has 0 aliphatic carbocycles. The number of halogens is 2. The summed E-state index contributed by atoms with van der Waals surface area (Å²) in [6.45, 7) is 3.59. The summed E-state index contributed by atoms with van der Waals surface area (Å²) in [6, 6.07) is 6.41. The quantitative estimate of drug-likeness (QED) is 0.938. The standard InChI is InChI=1S/C16H16ClFN2O/c1-10-5-6-13(18)14(15(10)17)16(21)20-11(2)8-12-4-3-7-19-9-12/h3-7,9,11H,8H2,1-2H3,(H,20,21)/t11-/m0/s1. The summed E-state index contributed by atoms with van der Waals surface area (Å²) in [5, 5.41) is 2.92. The summed E-state index contributed by atoms with van der Waals surface area (Å²) in [7, 11) is 0. The normalized spacial score (nSPS) is 12.0. The van der Waals surface area contributed by atoms with Crippen molar-refractivity contribution in [3.05, 3.63) is 64.2 Å². The third kappa shape index (κ3) is 3.79. The molecule has 110 valence electrons. The lowest BCUT2D eigenvalue weighted by Crippen LogP contribution is -2.34. The number of aromatic nitrogens is 1. The monoisotopic (exact) mass is 306 g/mol. The number of pyridine rings is 1. The average Bonchev–Trinajstić information content (AvgIpc) is 2.44. The van der Waals surface area contributed by atoms with Crippen molar-refractivity contribution in [2.45, 2.75) is 26.3 Å². The minimum absolute atomic E-state index is 0.102. The van der Waals surface area contributed by atoms with Crippen LogP contribution in [-0.2, 0) is 6.42 Å². The molecule has 0 saturated carbocycles. The fourth-order valence-corrected chi connectivity index (χ4v) is 2.32. The number of hydrogen-bond donors (Lipinski definition) is 1. The van der Waals surface area contributed by atoms with Gasteiger partial charge in [0.15, 0.2) is 0 Å². The SMILES string of the molecule is Cc1ccc(F)c(C(=O)N[C@@H](C)Cc2cccnc2)c1Cl. The van der Waals surface area contributed by atoms with Crippen molar-refractivity contribution < 1.29 is 9.18 Å². The van der Waals surface area contributed by atoms with Crippen molar-refractivity contribution >= 4 is 17.5 Å². The van der Waals surface area contributed by atoms with Crippen LogP contribution in [0, 0.1) is 12.7 Å². The van der Waals surface area contributed by atoms with Gasteiger partial charge in [0, 0.05) is 18.4 Å². The van der Waals surface area contributed by atoms with E-state index in [1.807, 2.05) is 19.1 Å². The molecule has 0 aliphatic rings. The largest absolute Gasteiger partial charge is 0.349 e. The van der Waals surface area contributed by atoms with Crippen LogP contribution in [-0.4, -0.2) is 16.9 Å². The minimum Gasteiger partial charge on any atom is -0.349 e. The van der Waals surface area contributed by atoms with Gasteiger partial charge in [-0.3, -0.25) is 9.78 Å². The zero-order valence-corrected chi connectivity index (χ0v) is 12.6. The molecular weight excluding hydrogens is 291 g/mol. The molecule has 1 aromatic carbocycles. The van der Waals surface area contributed by atoms with E-state index in [1.165, 1.54) is 6.07 Å². The minimum atomic E-state index is -0.614. The number of nitrogens with one attached hydrogen (secondary N) is 1. The predicted molar refractivity (Wildman–Crippen MR) is 81.0 cm³/mol. The van der Waals surface area contributed by atoms with Gasteiger partial charge in [0.1, 0.15) is 5.82 Å². The van der Waals surface area contributed by atoms with Crippen LogP contribution in [0.4, 0.5) is 4.39 Å². The number of carbonyl (C=O) groups is 1. The van der Waals surface area contributed by atoms with E-state index < -0.39 is 11.7 Å². The molecule has 3 nitrogen and oxygen atoms in total. The smallest absolute Gasteiger partial charge is 0.256 e. The number of amides is 1. The van der Waals surface area contributed by atoms with Crippen molar-refractivity contribution in [3.8, 4) is 0 Å². The van der Waals surface area contributed by atoms with Crippen molar-refractivity contribution in [3.63, 3.8) is 0 Å². The van der Waals surface area contributed by atoms with Crippen LogP contribution in [0.1, 0.15) is 28.4 Å². The number of benzene rings is 1. The van der Waals surface area contributed by atoms with E-state index in [4.69, 9.17) is 11.6 Å². The van der Waals surface area contributed by atoms with Gasteiger partial charge >= 0.3 is 0 Å². The average molecular weight is 307 g/mol. The van der Waals surface area contributed by atoms with Crippen LogP contribution in [0.5, 0.6) is 0 Å². The van der Waals surface area contributed by atoms with Crippen molar-refractivity contribution in [1.82, 2.24) is 10.3 Å². The highest BCUT2D eigenvalue weighted by Crippen LogP contribution is 2.23. The van der Waals surface area contributed by atoms with Gasteiger partial charge in [-0.1, -0.05) is 23.7 Å². The lowest BCUT2D eigenvalue weighted by atomic mass is 10.1. The van der Waals surface area contributed by atoms with Gasteiger partial charge < -0.3 is 5.32 Å². The molecule has 2 rings (SSSR count). The number of hydrogen-bond acceptors (Lipinski definition) is 2. The Hall–Kier alpha value is -1.94. The molecule has 0 spiro atoms. The number of rotatable bonds is 4. The van der Waals surface area contributed by atoms with Gasteiger partial charge in [0.05, 0.1) is 10.6 Å². The molecule has 0 unspecified atom stereocenters. The van der Waals surface area contributed by atoms with Gasteiger partial charge in [0.2, 0.25) is 0 Å². The van der Waals surface area contributed by atoms with Gasteiger partial charge in [0.25, 0.3) is 5.91 Å². The Labute approximate surface area is 128 Å². The molecule has 1 heterocycles. The highest BCUT2D eigenvalue weighted by Gasteiger charge is 2.19. The lowest BCUT2D eigenvalue weighted by Gasteiger charge is -2.15. The summed E-state index contributed by atoms with van der Waals surface area (Å²) in [4.78, 5) is 16.2. The number of nitrogens with zero attached hydrogens (tertiary/aromatic N) is 1. The summed E-state index contributed by atoms with van der Waals surface area (Å²) in [6.07, 6.45) is 4.04. The number of aryl methyl sites for hydroxylation is 1. The van der Waals surface area contributed by atoms with Crippen LogP contribution in [0.25, 0.3) is 0 Å². The van der Waals surface area contributed by atoms with Gasteiger partial charge in [-0.25, -0.2) is 4.39 Å². The first-order valence-corrected chi connectivity index (χ1v) is 7.01. The highest BCUT2D eigenvalue weighted by atomic mass is 35.5. The summed E-state index contributed by atoms with van der Waals surface area (Å²) < 4.78 is 13.8. The highest BCUT2D eigenvalue weighted by molar-refractivity contribution is 6.34. The van der Waals surface area contributed by atoms with Gasteiger partial charge in [-0.05, 0) is 43.5 Å². The second kappa shape index (κ2) is 6.68. The first-order chi connectivity index (χ1) is 9.99. The molecular formula is C16H16ClFN2O. The van der Waals surface area contributed by atoms with Crippen molar-refractivity contribution in [2.24, 2.45) is 0 Å². The maximum Gasteiger partial charge on any atom is 0.256 e. The van der Waals surface area contributed by atoms with E-state index in [0.29, 0.717) is 12.0 Å². The van der Waals surface area contributed by atoms with Crippen molar-refractivity contribution in [1.29, 1.82) is 0 Å². The van der Waals surface area contributed by atoms with Gasteiger partial charge in [-0.15, -0.1) is 0 Å². The Kier molecular flexibility index (Phi) is 4.91. The molecule has 1 N–H and O–H groups in total. The number of carbonyl (C=O) groups excluding carboxylic acids is 1. The zero-order chi connectivity index (χ0) is 15.4. The van der Waals surface area contributed by atoms with Gasteiger partial charge in [-0.2, -0.15) is 0 Å². The molecule has 0 saturated heterocycles. The van der Waals surface area contributed by atoms with E-state index in [1.54, 1.807) is 25.4 Å². The molecule has 21 heavy (non-hydrogen) atoms. The fourth-order valence-electron chi connectivity index (χ4n) is 2.08. The van der Waals surface area contributed by atoms with Crippen LogP contribution in [0.2, 0.25) is 5.02 Å². The molecule has 2 aromatic rings. The third-order valence-electron chi connectivity index (χ3n) is 3.15. The van der Waals surface area contributed by atoms with E-state index >= 15 is 0 Å². The Balaban J connectivity index is 2.10. The fraction of sp³-hybridized carbons (Fsp3) is 0.250. The maximum atomic E-state index is 13.8. The van der Waals surface area contributed by atoms with E-state index in [9.17, 15) is 9.18 Å². The zero-order valence-electron chi connectivity index (χ0n) is 11.9. The molecule has 0 aliphatic heterocycles. The van der Waals surface area contributed by atoms with E-state index in [-0.39, 0.29) is 16.6 Å². The topological polar surface area (TPSA) is 42.0 Å². The first-order valence-electron chi connectivity index (χ1n) is 6.63. The molecule has 1 aromatic heterocycles. The molecule has 1 atom stereocenters. The second-order valence-electron chi connectivity index (χ2n) is 4.99. The van der Waals surface area contributed by atoms with E-state index in [0.717, 1.165) is 5.56 Å². The van der Waals surface area contributed by atoms with E-state index in [2.05, 4.69) is 10.3 Å². The second-order valence-corrected chi connectivity index (χ2v) is 5.37. The molecule has 0 radical (unpaired) electrons. The third-order valence-corrected chi connectivity index (χ3v) is 3.64. The molecule has 1 amide bonds. The summed E-state index contributed by atoms with van der Waals surface area (Å²) in [5.74, 6) is -1.12. The van der Waals surface area contributed by atoms with Crippen LogP contribution in [0.15, 0.2) is 36.7 Å². The molecule has 0 fully saturated rings.